The number of aryl methyl sites for hydroxylation is 2. The second-order valence-electron chi connectivity index (χ2n) is 10.3. The Bertz CT molecular complexity index is 1600. The van der Waals surface area contributed by atoms with E-state index in [4.69, 9.17) is 0 Å². The van der Waals surface area contributed by atoms with Crippen LogP contribution in [0.3, 0.4) is 0 Å². The number of piperidine rings is 1. The highest BCUT2D eigenvalue weighted by molar-refractivity contribution is 7.13. The lowest BCUT2D eigenvalue weighted by Gasteiger charge is -2.29. The van der Waals surface area contributed by atoms with Crippen molar-refractivity contribution in [1.82, 2.24) is 19.4 Å². The maximum absolute atomic E-state index is 13.4. The molecular formula is C29H29F3N4O2S. The number of pyridine rings is 2. The van der Waals surface area contributed by atoms with Crippen molar-refractivity contribution in [3.63, 3.8) is 0 Å². The lowest BCUT2D eigenvalue weighted by molar-refractivity contribution is -0.140. The van der Waals surface area contributed by atoms with Crippen LogP contribution in [0.4, 0.5) is 13.2 Å². The molecule has 3 aromatic heterocycles. The summed E-state index contributed by atoms with van der Waals surface area (Å²) < 4.78 is 41.7. The van der Waals surface area contributed by atoms with E-state index in [1.807, 2.05) is 16.7 Å². The van der Waals surface area contributed by atoms with Crippen LogP contribution in [0.15, 0.2) is 46.8 Å². The molecule has 0 aliphatic carbocycles. The molecule has 0 unspecified atom stereocenters. The highest BCUT2D eigenvalue weighted by atomic mass is 32.1. The summed E-state index contributed by atoms with van der Waals surface area (Å²) in [5.41, 5.74) is 1.87. The van der Waals surface area contributed by atoms with Gasteiger partial charge >= 0.3 is 6.18 Å². The number of fused-ring (bicyclic) bond motifs is 1. The number of halogens is 3. The van der Waals surface area contributed by atoms with Crippen LogP contribution in [-0.4, -0.2) is 45.4 Å². The number of thiazole rings is 1. The smallest absolute Gasteiger partial charge is 0.347 e. The summed E-state index contributed by atoms with van der Waals surface area (Å²) in [5, 5.41) is 1.61. The number of likely N-dealkylation sites (tertiary alicyclic amines) is 1. The molecule has 204 valence electrons. The van der Waals surface area contributed by atoms with Gasteiger partial charge in [0.25, 0.3) is 0 Å². The van der Waals surface area contributed by atoms with Crippen LogP contribution in [0, 0.1) is 12.8 Å². The number of hydrogen-bond donors (Lipinski definition) is 0. The van der Waals surface area contributed by atoms with Crippen LogP contribution in [0.1, 0.15) is 47.9 Å². The zero-order chi connectivity index (χ0) is 27.9. The minimum atomic E-state index is -4.54. The van der Waals surface area contributed by atoms with Gasteiger partial charge in [0.05, 0.1) is 11.1 Å². The molecule has 1 aliphatic heterocycles. The number of nitrogens with zero attached hydrogens (tertiary/aromatic N) is 4. The summed E-state index contributed by atoms with van der Waals surface area (Å²) in [4.78, 5) is 36.3. The second kappa shape index (κ2) is 10.7. The maximum Gasteiger partial charge on any atom is 0.434 e. The summed E-state index contributed by atoms with van der Waals surface area (Å²) in [6.07, 6.45) is 1.90. The Hall–Kier alpha value is -3.37. The van der Waals surface area contributed by atoms with E-state index in [9.17, 15) is 22.8 Å². The molecule has 0 N–H and O–H groups in total. The molecule has 5 rings (SSSR count). The van der Waals surface area contributed by atoms with E-state index >= 15 is 0 Å². The highest BCUT2D eigenvalue weighted by Crippen LogP contribution is 2.38. The Morgan fingerprint density at radius 3 is 2.56 bits per heavy atom. The molecule has 0 spiro atoms. The van der Waals surface area contributed by atoms with Crippen molar-refractivity contribution in [2.24, 2.45) is 5.92 Å². The number of aromatic nitrogens is 3. The number of benzene rings is 1. The third kappa shape index (κ3) is 5.67. The fourth-order valence-electron chi connectivity index (χ4n) is 5.17. The van der Waals surface area contributed by atoms with Crippen molar-refractivity contribution in [2.75, 3.05) is 20.1 Å². The number of ketones is 1. The van der Waals surface area contributed by atoms with Gasteiger partial charge in [-0.1, -0.05) is 6.07 Å². The number of Topliss-reactive ketones (excluding diaryl/α,β-unsaturated/α-hetero) is 1. The zero-order valence-electron chi connectivity index (χ0n) is 22.0. The van der Waals surface area contributed by atoms with E-state index in [1.54, 1.807) is 31.5 Å². The number of alkyl halides is 3. The van der Waals surface area contributed by atoms with Crippen molar-refractivity contribution >= 4 is 28.0 Å². The number of rotatable bonds is 6. The summed E-state index contributed by atoms with van der Waals surface area (Å²) in [7, 11) is 2.13. The normalized spacial score (nSPS) is 15.2. The van der Waals surface area contributed by atoms with Crippen LogP contribution < -0.4 is 5.43 Å². The lowest BCUT2D eigenvalue weighted by Crippen LogP contribution is -2.30. The molecule has 6 nitrogen and oxygen atoms in total. The van der Waals surface area contributed by atoms with E-state index < -0.39 is 11.9 Å². The molecule has 39 heavy (non-hydrogen) atoms. The van der Waals surface area contributed by atoms with Crippen molar-refractivity contribution in [2.45, 2.75) is 45.8 Å². The third-order valence-corrected chi connectivity index (χ3v) is 8.33. The highest BCUT2D eigenvalue weighted by Gasteiger charge is 2.34. The molecule has 1 saturated heterocycles. The lowest BCUT2D eigenvalue weighted by atomic mass is 9.93. The van der Waals surface area contributed by atoms with Gasteiger partial charge in [-0.2, -0.15) is 13.2 Å². The molecule has 10 heteroatoms. The molecule has 0 amide bonds. The van der Waals surface area contributed by atoms with Crippen LogP contribution >= 0.6 is 11.3 Å². The van der Waals surface area contributed by atoms with Gasteiger partial charge in [0.1, 0.15) is 5.01 Å². The first-order valence-electron chi connectivity index (χ1n) is 12.9. The van der Waals surface area contributed by atoms with Gasteiger partial charge in [-0.05, 0) is 82.9 Å². The molecule has 1 aromatic carbocycles. The summed E-state index contributed by atoms with van der Waals surface area (Å²) in [6.45, 7) is 5.95. The molecular weight excluding hydrogens is 525 g/mol. The second-order valence-corrected chi connectivity index (χ2v) is 11.2. The fraction of sp³-hybridized carbons (Fsp3) is 0.379. The Morgan fingerprint density at radius 2 is 1.90 bits per heavy atom. The average Bonchev–Trinajstić information content (AvgIpc) is 3.40. The quantitative estimate of drug-likeness (QED) is 0.256. The first-order valence-corrected chi connectivity index (χ1v) is 13.8. The molecule has 1 aliphatic rings. The van der Waals surface area contributed by atoms with Gasteiger partial charge in [0.2, 0.25) is 0 Å². The Kier molecular flexibility index (Phi) is 7.43. The molecule has 4 aromatic rings. The molecule has 4 heterocycles. The maximum atomic E-state index is 13.4. The summed E-state index contributed by atoms with van der Waals surface area (Å²) in [6, 6.07) is 7.10. The van der Waals surface area contributed by atoms with Gasteiger partial charge in [0, 0.05) is 46.5 Å². The van der Waals surface area contributed by atoms with Crippen LogP contribution in [0.2, 0.25) is 0 Å². The van der Waals surface area contributed by atoms with Crippen molar-refractivity contribution < 1.29 is 18.0 Å². The standard InChI is InChI=1S/C29H29F3N4O2S/c1-17-12-21(28-34-26(16-39-28)29(30,31)32)23(14-33-17)20-4-5-25-22(13-20)27(38)24(18(2)37)15-36(25)11-8-19-6-9-35(3)10-7-19/h4-5,12-16,19H,6-11H2,1-3H3. The van der Waals surface area contributed by atoms with E-state index in [2.05, 4.69) is 21.9 Å². The molecule has 1 fully saturated rings. The fourth-order valence-corrected chi connectivity index (χ4v) is 6.02. The first-order chi connectivity index (χ1) is 18.5. The van der Waals surface area contributed by atoms with E-state index in [-0.39, 0.29) is 21.8 Å². The topological polar surface area (TPSA) is 68.1 Å². The predicted octanol–water partition coefficient (Wildman–Crippen LogP) is 6.45. The minimum absolute atomic E-state index is 0.125. The average molecular weight is 555 g/mol. The third-order valence-electron chi connectivity index (χ3n) is 7.45. The van der Waals surface area contributed by atoms with Gasteiger partial charge < -0.3 is 9.47 Å². The zero-order valence-corrected chi connectivity index (χ0v) is 22.8. The van der Waals surface area contributed by atoms with Gasteiger partial charge in [-0.15, -0.1) is 11.3 Å². The summed E-state index contributed by atoms with van der Waals surface area (Å²) in [5.74, 6) is 0.275. The van der Waals surface area contributed by atoms with Crippen LogP contribution in [0.5, 0.6) is 0 Å². The molecule has 0 saturated carbocycles. The SMILES string of the molecule is CC(=O)c1cn(CCC2CCN(C)CC2)c2ccc(-c3cnc(C)cc3-c3nc(C(F)(F)F)cs3)cc2c1=O. The van der Waals surface area contributed by atoms with Crippen molar-refractivity contribution in [1.29, 1.82) is 0 Å². The van der Waals surface area contributed by atoms with Crippen LogP contribution in [-0.2, 0) is 12.7 Å². The van der Waals surface area contributed by atoms with Gasteiger partial charge in [-0.3, -0.25) is 14.6 Å². The van der Waals surface area contributed by atoms with Gasteiger partial charge in [-0.25, -0.2) is 4.98 Å². The number of carbonyl (C=O) groups is 1. The van der Waals surface area contributed by atoms with E-state index in [0.29, 0.717) is 40.2 Å². The Labute approximate surface area is 228 Å². The molecule has 0 atom stereocenters. The van der Waals surface area contributed by atoms with Crippen molar-refractivity contribution in [3.8, 4) is 21.7 Å². The van der Waals surface area contributed by atoms with Gasteiger partial charge in [0.15, 0.2) is 16.9 Å². The monoisotopic (exact) mass is 554 g/mol. The van der Waals surface area contributed by atoms with Crippen molar-refractivity contribution in [3.05, 3.63) is 69.2 Å². The van der Waals surface area contributed by atoms with Crippen LogP contribution in [0.25, 0.3) is 32.6 Å². The number of carbonyl (C=O) groups excluding carboxylic acids is 1. The van der Waals surface area contributed by atoms with E-state index in [0.717, 1.165) is 54.6 Å². The summed E-state index contributed by atoms with van der Waals surface area (Å²) >= 11 is 0.910. The molecule has 0 radical (unpaired) electrons. The first kappa shape index (κ1) is 27.2. The molecule has 0 bridgehead atoms. The van der Waals surface area contributed by atoms with E-state index in [1.165, 1.54) is 6.92 Å². The minimum Gasteiger partial charge on any atom is -0.347 e. The number of hydrogen-bond acceptors (Lipinski definition) is 6. The predicted molar refractivity (Wildman–Crippen MR) is 147 cm³/mol. The Morgan fingerprint density at radius 1 is 1.15 bits per heavy atom. The Balaban J connectivity index is 1.58. The largest absolute Gasteiger partial charge is 0.434 e.